The van der Waals surface area contributed by atoms with E-state index in [1.807, 2.05) is 4.68 Å². The molecule has 33 heavy (non-hydrogen) atoms. The van der Waals surface area contributed by atoms with Gasteiger partial charge in [0.2, 0.25) is 0 Å². The molecule has 0 atom stereocenters. The Labute approximate surface area is 196 Å². The van der Waals surface area contributed by atoms with Crippen molar-refractivity contribution in [3.05, 3.63) is 82.2 Å². The summed E-state index contributed by atoms with van der Waals surface area (Å²) in [7, 11) is 2.18. The molecule has 1 aliphatic carbocycles. The Hall–Kier alpha value is -2.96. The number of benzene rings is 2. The highest BCUT2D eigenvalue weighted by atomic mass is 16.1. The monoisotopic (exact) mass is 443 g/mol. The van der Waals surface area contributed by atoms with Gasteiger partial charge >= 0.3 is 0 Å². The number of carbonyl (C=O) groups excluding carboxylic acids is 1. The number of likely N-dealkylation sites (N-methyl/N-ethyl adjacent to an activating group) is 1. The summed E-state index contributed by atoms with van der Waals surface area (Å²) in [5.41, 5.74) is 7.54. The number of nitrogens with zero attached hydrogens (tertiary/aromatic N) is 4. The predicted molar refractivity (Wildman–Crippen MR) is 131 cm³/mol. The van der Waals surface area contributed by atoms with Crippen molar-refractivity contribution in [2.45, 2.75) is 39.3 Å². The minimum Gasteiger partial charge on any atom is -0.347 e. The minimum atomic E-state index is -0.0801. The van der Waals surface area contributed by atoms with E-state index in [-0.39, 0.29) is 5.91 Å². The fraction of sp³-hybridized carbons (Fsp3) is 0.407. The van der Waals surface area contributed by atoms with Crippen molar-refractivity contribution in [2.24, 2.45) is 0 Å². The molecule has 0 radical (unpaired) electrons. The van der Waals surface area contributed by atoms with Crippen LogP contribution in [0.3, 0.4) is 0 Å². The molecule has 6 nitrogen and oxygen atoms in total. The minimum absolute atomic E-state index is 0.0801. The summed E-state index contributed by atoms with van der Waals surface area (Å²) in [5.74, 6) is -0.0801. The number of amides is 1. The second-order valence-electron chi connectivity index (χ2n) is 9.46. The zero-order chi connectivity index (χ0) is 22.8. The number of fused-ring (bicyclic) bond motifs is 1. The molecule has 1 amide bonds. The molecule has 1 N–H and O–H groups in total. The number of hydrogen-bond donors (Lipinski definition) is 1. The molecule has 1 saturated heterocycles. The Kier molecular flexibility index (Phi) is 6.29. The molecule has 0 unspecified atom stereocenters. The number of aryl methyl sites for hydroxylation is 1. The normalized spacial score (nSPS) is 16.7. The highest BCUT2D eigenvalue weighted by Crippen LogP contribution is 2.28. The number of piperazine rings is 1. The molecule has 1 fully saturated rings. The molecule has 2 aromatic carbocycles. The molecule has 1 aromatic heterocycles. The first kappa shape index (κ1) is 21.9. The van der Waals surface area contributed by atoms with Crippen molar-refractivity contribution < 1.29 is 4.79 Å². The first-order valence-electron chi connectivity index (χ1n) is 12.0. The average molecular weight is 444 g/mol. The van der Waals surface area contributed by atoms with Crippen molar-refractivity contribution in [1.82, 2.24) is 24.9 Å². The van der Waals surface area contributed by atoms with Crippen LogP contribution in [0.25, 0.3) is 5.69 Å². The van der Waals surface area contributed by atoms with Crippen LogP contribution in [0, 0.1) is 6.92 Å². The van der Waals surface area contributed by atoms with E-state index in [9.17, 15) is 4.79 Å². The zero-order valence-electron chi connectivity index (χ0n) is 19.7. The van der Waals surface area contributed by atoms with Gasteiger partial charge in [0.05, 0.1) is 5.69 Å². The topological polar surface area (TPSA) is 53.4 Å². The Morgan fingerprint density at radius 2 is 1.76 bits per heavy atom. The highest BCUT2D eigenvalue weighted by Gasteiger charge is 2.26. The van der Waals surface area contributed by atoms with E-state index in [4.69, 9.17) is 5.10 Å². The fourth-order valence-corrected chi connectivity index (χ4v) is 4.89. The van der Waals surface area contributed by atoms with E-state index in [1.165, 1.54) is 16.8 Å². The van der Waals surface area contributed by atoms with Gasteiger partial charge in [0.1, 0.15) is 0 Å². The SMILES string of the molecule is Cc1ccc(-n2nc(C(=O)NCc3cccc(CN4CCN(C)CC4)c3)c3c2CCC3)cc1. The molecule has 6 heteroatoms. The van der Waals surface area contributed by atoms with Gasteiger partial charge in [-0.2, -0.15) is 5.10 Å². The van der Waals surface area contributed by atoms with Gasteiger partial charge in [0.25, 0.3) is 5.91 Å². The molecule has 0 saturated carbocycles. The summed E-state index contributed by atoms with van der Waals surface area (Å²) in [6.45, 7) is 8.00. The van der Waals surface area contributed by atoms with Gasteiger partial charge in [-0.15, -0.1) is 0 Å². The van der Waals surface area contributed by atoms with Crippen LogP contribution in [0.5, 0.6) is 0 Å². The number of rotatable bonds is 6. The van der Waals surface area contributed by atoms with E-state index >= 15 is 0 Å². The van der Waals surface area contributed by atoms with Crippen molar-refractivity contribution in [1.29, 1.82) is 0 Å². The first-order chi connectivity index (χ1) is 16.1. The van der Waals surface area contributed by atoms with Gasteiger partial charge in [-0.05, 0) is 56.5 Å². The fourth-order valence-electron chi connectivity index (χ4n) is 4.89. The lowest BCUT2D eigenvalue weighted by molar-refractivity contribution is 0.0944. The molecule has 172 valence electrons. The third kappa shape index (κ3) is 4.87. The maximum absolute atomic E-state index is 13.1. The van der Waals surface area contributed by atoms with Gasteiger partial charge in [-0.1, -0.05) is 42.0 Å². The van der Waals surface area contributed by atoms with Gasteiger partial charge in [-0.25, -0.2) is 4.68 Å². The summed E-state index contributed by atoms with van der Waals surface area (Å²) in [4.78, 5) is 18.0. The maximum Gasteiger partial charge on any atom is 0.272 e. The summed E-state index contributed by atoms with van der Waals surface area (Å²) < 4.78 is 1.97. The number of carbonyl (C=O) groups is 1. The second kappa shape index (κ2) is 9.49. The van der Waals surface area contributed by atoms with Gasteiger partial charge in [0, 0.05) is 50.5 Å². The van der Waals surface area contributed by atoms with Crippen LogP contribution in [0.15, 0.2) is 48.5 Å². The number of hydrogen-bond acceptors (Lipinski definition) is 4. The van der Waals surface area contributed by atoms with E-state index in [1.54, 1.807) is 0 Å². The quantitative estimate of drug-likeness (QED) is 0.635. The van der Waals surface area contributed by atoms with Crippen LogP contribution in [-0.4, -0.2) is 58.7 Å². The Morgan fingerprint density at radius 1 is 1.00 bits per heavy atom. The van der Waals surface area contributed by atoms with Crippen molar-refractivity contribution in [3.8, 4) is 5.69 Å². The lowest BCUT2D eigenvalue weighted by Gasteiger charge is -2.32. The van der Waals surface area contributed by atoms with Crippen LogP contribution < -0.4 is 5.32 Å². The Bertz CT molecular complexity index is 1130. The summed E-state index contributed by atoms with van der Waals surface area (Å²) in [6, 6.07) is 16.9. The summed E-state index contributed by atoms with van der Waals surface area (Å²) >= 11 is 0. The standard InChI is InChI=1S/C27H33N5O/c1-20-9-11-23(12-10-20)32-25-8-4-7-24(25)26(29-32)27(33)28-18-21-5-3-6-22(17-21)19-31-15-13-30(2)14-16-31/h3,5-6,9-12,17H,4,7-8,13-16,18-19H2,1-2H3,(H,28,33). The first-order valence-corrected chi connectivity index (χ1v) is 12.0. The molecule has 0 bridgehead atoms. The van der Waals surface area contributed by atoms with Gasteiger partial charge < -0.3 is 10.2 Å². The average Bonchev–Trinajstić information content (AvgIpc) is 3.43. The third-order valence-corrected chi connectivity index (χ3v) is 6.87. The van der Waals surface area contributed by atoms with Crippen molar-refractivity contribution in [3.63, 3.8) is 0 Å². The van der Waals surface area contributed by atoms with E-state index < -0.39 is 0 Å². The molecular weight excluding hydrogens is 410 g/mol. The van der Waals surface area contributed by atoms with Gasteiger partial charge in [-0.3, -0.25) is 9.69 Å². The van der Waals surface area contributed by atoms with Gasteiger partial charge in [0.15, 0.2) is 5.69 Å². The Morgan fingerprint density at radius 3 is 2.55 bits per heavy atom. The summed E-state index contributed by atoms with van der Waals surface area (Å²) in [5, 5.41) is 7.86. The second-order valence-corrected chi connectivity index (χ2v) is 9.46. The number of aromatic nitrogens is 2. The molecular formula is C27H33N5O. The van der Waals surface area contributed by atoms with Crippen LogP contribution in [0.1, 0.15) is 44.9 Å². The Balaban J connectivity index is 1.26. The van der Waals surface area contributed by atoms with Crippen LogP contribution in [0.2, 0.25) is 0 Å². The molecule has 3 aromatic rings. The molecule has 5 rings (SSSR count). The maximum atomic E-state index is 13.1. The van der Waals surface area contributed by atoms with Crippen molar-refractivity contribution in [2.75, 3.05) is 33.2 Å². The smallest absolute Gasteiger partial charge is 0.272 e. The van der Waals surface area contributed by atoms with E-state index in [0.29, 0.717) is 12.2 Å². The highest BCUT2D eigenvalue weighted by molar-refractivity contribution is 5.94. The largest absolute Gasteiger partial charge is 0.347 e. The van der Waals surface area contributed by atoms with Crippen LogP contribution >= 0.6 is 0 Å². The third-order valence-electron chi connectivity index (χ3n) is 6.87. The van der Waals surface area contributed by atoms with Crippen LogP contribution in [0.4, 0.5) is 0 Å². The lowest BCUT2D eigenvalue weighted by Crippen LogP contribution is -2.43. The van der Waals surface area contributed by atoms with Crippen molar-refractivity contribution >= 4 is 5.91 Å². The summed E-state index contributed by atoms with van der Waals surface area (Å²) in [6.07, 6.45) is 2.97. The van der Waals surface area contributed by atoms with E-state index in [0.717, 1.165) is 68.8 Å². The lowest BCUT2D eigenvalue weighted by atomic mass is 10.1. The van der Waals surface area contributed by atoms with Crippen LogP contribution in [-0.2, 0) is 25.9 Å². The molecule has 2 heterocycles. The molecule has 1 aliphatic heterocycles. The van der Waals surface area contributed by atoms with E-state index in [2.05, 4.69) is 77.6 Å². The zero-order valence-corrected chi connectivity index (χ0v) is 19.7. The number of nitrogens with one attached hydrogen (secondary N) is 1. The molecule has 2 aliphatic rings. The predicted octanol–water partition coefficient (Wildman–Crippen LogP) is 3.35. The molecule has 0 spiro atoms.